The van der Waals surface area contributed by atoms with E-state index in [-0.39, 0.29) is 30.9 Å². The van der Waals surface area contributed by atoms with Gasteiger partial charge in [-0.05, 0) is 32.3 Å². The Morgan fingerprint density at radius 2 is 1.87 bits per heavy atom. The van der Waals surface area contributed by atoms with E-state index in [9.17, 15) is 14.4 Å². The molecule has 0 atom stereocenters. The topological polar surface area (TPSA) is 108 Å². The number of carbonyl (C=O) groups excluding carboxylic acids is 3. The Morgan fingerprint density at radius 3 is 2.50 bits per heavy atom. The molecule has 3 heterocycles. The van der Waals surface area contributed by atoms with Gasteiger partial charge in [0.25, 0.3) is 5.91 Å². The molecule has 2 fully saturated rings. The Balaban J connectivity index is 1.33. The Morgan fingerprint density at radius 1 is 1.17 bits per heavy atom. The third-order valence-electron chi connectivity index (χ3n) is 5.56. The van der Waals surface area contributed by atoms with Crippen molar-refractivity contribution < 1.29 is 14.4 Å². The normalized spacial score (nSPS) is 18.7. The summed E-state index contributed by atoms with van der Waals surface area (Å²) in [5.41, 5.74) is 1.18. The zero-order valence-corrected chi connectivity index (χ0v) is 17.8. The maximum Gasteiger partial charge on any atom is 0.325 e. The third kappa shape index (κ3) is 4.19. The molecule has 30 heavy (non-hydrogen) atoms. The fraction of sp³-hybridized carbons (Fsp3) is 0.450. The Hall–Kier alpha value is -2.85. The summed E-state index contributed by atoms with van der Waals surface area (Å²) in [5.74, 6) is -0.341. The molecule has 0 radical (unpaired) electrons. The van der Waals surface area contributed by atoms with Gasteiger partial charge in [-0.3, -0.25) is 24.7 Å². The SMILES string of the molecule is Cc1ccc(CN2C(=O)NC3(CCN(CC(=O)Nc4nnc(C)s4)CC3)C2=O)cc1. The van der Waals surface area contributed by atoms with Crippen LogP contribution in [-0.2, 0) is 16.1 Å². The summed E-state index contributed by atoms with van der Waals surface area (Å²) < 4.78 is 0. The van der Waals surface area contributed by atoms with Crippen LogP contribution in [0, 0.1) is 13.8 Å². The minimum Gasteiger partial charge on any atom is -0.323 e. The molecule has 1 aromatic heterocycles. The summed E-state index contributed by atoms with van der Waals surface area (Å²) in [5, 5.41) is 14.7. The lowest BCUT2D eigenvalue weighted by Gasteiger charge is -2.36. The van der Waals surface area contributed by atoms with Crippen molar-refractivity contribution in [3.05, 3.63) is 40.4 Å². The van der Waals surface area contributed by atoms with Gasteiger partial charge in [0.2, 0.25) is 11.0 Å². The molecule has 0 saturated carbocycles. The number of piperidine rings is 1. The zero-order valence-electron chi connectivity index (χ0n) is 17.0. The van der Waals surface area contributed by atoms with Gasteiger partial charge in [-0.25, -0.2) is 4.79 Å². The van der Waals surface area contributed by atoms with E-state index in [4.69, 9.17) is 0 Å². The maximum absolute atomic E-state index is 13.1. The summed E-state index contributed by atoms with van der Waals surface area (Å²) >= 11 is 1.33. The van der Waals surface area contributed by atoms with Gasteiger partial charge in [-0.1, -0.05) is 41.2 Å². The lowest BCUT2D eigenvalue weighted by molar-refractivity contribution is -0.133. The molecule has 0 bridgehead atoms. The molecule has 1 spiro atoms. The van der Waals surface area contributed by atoms with E-state index in [2.05, 4.69) is 20.8 Å². The summed E-state index contributed by atoms with van der Waals surface area (Å²) in [6, 6.07) is 7.45. The van der Waals surface area contributed by atoms with Crippen LogP contribution in [0.25, 0.3) is 0 Å². The standard InChI is InChI=1S/C20H24N6O3S/c1-13-3-5-15(6-4-13)11-26-17(28)20(22-19(26)29)7-9-25(10-8-20)12-16(27)21-18-24-23-14(2)30-18/h3-6H,7-12H2,1-2H3,(H,22,29)(H,21,24,27). The van der Waals surface area contributed by atoms with Gasteiger partial charge >= 0.3 is 6.03 Å². The van der Waals surface area contributed by atoms with E-state index in [0.29, 0.717) is 31.1 Å². The summed E-state index contributed by atoms with van der Waals surface area (Å²) in [6.45, 7) is 5.39. The molecule has 0 aliphatic carbocycles. The largest absolute Gasteiger partial charge is 0.325 e. The number of rotatable bonds is 5. The van der Waals surface area contributed by atoms with Crippen molar-refractivity contribution in [1.82, 2.24) is 25.3 Å². The molecule has 2 N–H and O–H groups in total. The lowest BCUT2D eigenvalue weighted by atomic mass is 9.87. The van der Waals surface area contributed by atoms with Gasteiger partial charge in [0, 0.05) is 13.1 Å². The van der Waals surface area contributed by atoms with E-state index < -0.39 is 5.54 Å². The molecule has 2 saturated heterocycles. The molecular formula is C20H24N6O3S. The van der Waals surface area contributed by atoms with Crippen LogP contribution in [0.15, 0.2) is 24.3 Å². The fourth-order valence-corrected chi connectivity index (χ4v) is 4.44. The van der Waals surface area contributed by atoms with Crippen molar-refractivity contribution in [2.45, 2.75) is 38.8 Å². The average Bonchev–Trinajstić information content (AvgIpc) is 3.21. The lowest BCUT2D eigenvalue weighted by Crippen LogP contribution is -2.55. The maximum atomic E-state index is 13.1. The number of imide groups is 1. The number of hydrogen-bond donors (Lipinski definition) is 2. The number of benzene rings is 1. The number of amides is 4. The van der Waals surface area contributed by atoms with Crippen LogP contribution in [0.2, 0.25) is 0 Å². The highest BCUT2D eigenvalue weighted by atomic mass is 32.1. The van der Waals surface area contributed by atoms with Crippen LogP contribution < -0.4 is 10.6 Å². The Kier molecular flexibility index (Phi) is 5.52. The first-order valence-corrected chi connectivity index (χ1v) is 10.7. The molecule has 9 nitrogen and oxygen atoms in total. The highest BCUT2D eigenvalue weighted by Crippen LogP contribution is 2.30. The highest BCUT2D eigenvalue weighted by Gasteiger charge is 2.52. The molecule has 0 unspecified atom stereocenters. The molecular weight excluding hydrogens is 404 g/mol. The second kappa shape index (κ2) is 8.11. The molecule has 10 heteroatoms. The number of aryl methyl sites for hydroxylation is 2. The minimum atomic E-state index is -0.870. The van der Waals surface area contributed by atoms with Crippen LogP contribution >= 0.6 is 11.3 Å². The first-order valence-electron chi connectivity index (χ1n) is 9.87. The second-order valence-corrected chi connectivity index (χ2v) is 9.02. The number of likely N-dealkylation sites (tertiary alicyclic amines) is 1. The minimum absolute atomic E-state index is 0.162. The number of anilines is 1. The summed E-state index contributed by atoms with van der Waals surface area (Å²) in [6.07, 6.45) is 0.959. The van der Waals surface area contributed by atoms with E-state index in [1.54, 1.807) is 0 Å². The Labute approximate surface area is 178 Å². The predicted octanol–water partition coefficient (Wildman–Crippen LogP) is 1.68. The van der Waals surface area contributed by atoms with Gasteiger partial charge in [0.1, 0.15) is 10.5 Å². The quantitative estimate of drug-likeness (QED) is 0.702. The number of urea groups is 1. The van der Waals surface area contributed by atoms with Crippen LogP contribution in [0.4, 0.5) is 9.93 Å². The van der Waals surface area contributed by atoms with Crippen LogP contribution in [0.5, 0.6) is 0 Å². The summed E-state index contributed by atoms with van der Waals surface area (Å²) in [4.78, 5) is 41.1. The van der Waals surface area contributed by atoms with Crippen LogP contribution in [0.3, 0.4) is 0 Å². The van der Waals surface area contributed by atoms with E-state index in [1.807, 2.05) is 43.0 Å². The molecule has 2 aromatic rings. The number of nitrogens with one attached hydrogen (secondary N) is 2. The molecule has 2 aliphatic heterocycles. The van der Waals surface area contributed by atoms with Crippen molar-refractivity contribution in [3.63, 3.8) is 0 Å². The highest BCUT2D eigenvalue weighted by molar-refractivity contribution is 7.15. The number of hydrogen-bond acceptors (Lipinski definition) is 7. The molecule has 1 aromatic carbocycles. The fourth-order valence-electron chi connectivity index (χ4n) is 3.84. The third-order valence-corrected chi connectivity index (χ3v) is 6.31. The van der Waals surface area contributed by atoms with E-state index in [1.165, 1.54) is 16.2 Å². The zero-order chi connectivity index (χ0) is 21.3. The van der Waals surface area contributed by atoms with E-state index in [0.717, 1.165) is 16.1 Å². The average molecular weight is 429 g/mol. The number of nitrogens with zero attached hydrogens (tertiary/aromatic N) is 4. The van der Waals surface area contributed by atoms with E-state index >= 15 is 0 Å². The second-order valence-electron chi connectivity index (χ2n) is 7.84. The summed E-state index contributed by atoms with van der Waals surface area (Å²) in [7, 11) is 0. The van der Waals surface area contributed by atoms with Crippen molar-refractivity contribution >= 4 is 34.3 Å². The first kappa shape index (κ1) is 20.4. The molecule has 4 rings (SSSR count). The monoisotopic (exact) mass is 428 g/mol. The van der Waals surface area contributed by atoms with Crippen molar-refractivity contribution in [3.8, 4) is 0 Å². The number of carbonyl (C=O) groups is 3. The molecule has 4 amide bonds. The van der Waals surface area contributed by atoms with Gasteiger partial charge in [0.15, 0.2) is 0 Å². The van der Waals surface area contributed by atoms with Crippen molar-refractivity contribution in [1.29, 1.82) is 0 Å². The van der Waals surface area contributed by atoms with Gasteiger partial charge < -0.3 is 5.32 Å². The first-order chi connectivity index (χ1) is 14.3. The smallest absolute Gasteiger partial charge is 0.323 e. The number of aromatic nitrogens is 2. The van der Waals surface area contributed by atoms with Gasteiger partial charge in [-0.15, -0.1) is 10.2 Å². The van der Waals surface area contributed by atoms with Crippen molar-refractivity contribution in [2.24, 2.45) is 0 Å². The molecule has 158 valence electrons. The van der Waals surface area contributed by atoms with Crippen LogP contribution in [0.1, 0.15) is 29.0 Å². The van der Waals surface area contributed by atoms with Gasteiger partial charge in [-0.2, -0.15) is 0 Å². The predicted molar refractivity (Wildman–Crippen MR) is 112 cm³/mol. The molecule has 2 aliphatic rings. The van der Waals surface area contributed by atoms with Crippen LogP contribution in [-0.4, -0.2) is 63.0 Å². The van der Waals surface area contributed by atoms with Crippen molar-refractivity contribution in [2.75, 3.05) is 25.0 Å². The van der Waals surface area contributed by atoms with Gasteiger partial charge in [0.05, 0.1) is 13.1 Å². The Bertz CT molecular complexity index is 965.